The van der Waals surface area contributed by atoms with Gasteiger partial charge in [-0.2, -0.15) is 0 Å². The number of ether oxygens (including phenoxy) is 1. The molecule has 1 aromatic rings. The number of carbonyl (C=O) groups excluding carboxylic acids is 1. The minimum Gasteiger partial charge on any atom is -0.465 e. The largest absolute Gasteiger partial charge is 0.465 e. The van der Waals surface area contributed by atoms with E-state index in [1.54, 1.807) is 11.1 Å². The Morgan fingerprint density at radius 1 is 1.29 bits per heavy atom. The molecule has 114 valence electrons. The topological polar surface area (TPSA) is 125 Å². The summed E-state index contributed by atoms with van der Waals surface area (Å²) in [7, 11) is -2.94. The van der Waals surface area contributed by atoms with Crippen LogP contribution in [0.15, 0.2) is 34.2 Å². The van der Waals surface area contributed by atoms with Crippen molar-refractivity contribution >= 4 is 21.7 Å². The number of esters is 1. The zero-order valence-electron chi connectivity index (χ0n) is 11.5. The van der Waals surface area contributed by atoms with Gasteiger partial charge in [0.15, 0.2) is 0 Å². The van der Waals surface area contributed by atoms with E-state index in [4.69, 9.17) is 11.0 Å². The number of allylic oxidation sites excluding steroid dienone is 2. The van der Waals surface area contributed by atoms with Crippen LogP contribution in [0.4, 0.5) is 5.69 Å². The van der Waals surface area contributed by atoms with E-state index in [0.717, 1.165) is 7.11 Å². The zero-order valence-corrected chi connectivity index (χ0v) is 12.4. The van der Waals surface area contributed by atoms with Gasteiger partial charge in [0.2, 0.25) is 10.0 Å². The van der Waals surface area contributed by atoms with Gasteiger partial charge in [-0.05, 0) is 31.4 Å². The number of nitrogen functional groups attached to an aromatic ring is 1. The predicted molar refractivity (Wildman–Crippen MR) is 77.8 cm³/mol. The highest BCUT2D eigenvalue weighted by Gasteiger charge is 2.28. The molecule has 0 heterocycles. The van der Waals surface area contributed by atoms with Crippen molar-refractivity contribution in [1.82, 2.24) is 0 Å². The second-order valence-corrected chi connectivity index (χ2v) is 6.25. The Hall–Kier alpha value is -1.90. The minimum absolute atomic E-state index is 0.0328. The second kappa shape index (κ2) is 5.84. The lowest BCUT2D eigenvalue weighted by atomic mass is 10.1. The molecule has 0 amide bonds. The van der Waals surface area contributed by atoms with E-state index in [0.29, 0.717) is 0 Å². The normalized spacial score (nSPS) is 15.2. The van der Waals surface area contributed by atoms with Crippen molar-refractivity contribution in [3.8, 4) is 0 Å². The summed E-state index contributed by atoms with van der Waals surface area (Å²) in [5.74, 6) is 4.33. The molecule has 0 aliphatic heterocycles. The molecule has 8 heteroatoms. The third-order valence-electron chi connectivity index (χ3n) is 3.39. The molecule has 1 aromatic carbocycles. The van der Waals surface area contributed by atoms with Crippen molar-refractivity contribution in [2.45, 2.75) is 24.2 Å². The van der Waals surface area contributed by atoms with Gasteiger partial charge >= 0.3 is 5.97 Å². The molecule has 0 spiro atoms. The maximum atomic E-state index is 11.3. The van der Waals surface area contributed by atoms with Crippen LogP contribution in [0.25, 0.3) is 0 Å². The summed E-state index contributed by atoms with van der Waals surface area (Å²) in [5.41, 5.74) is 5.56. The molecule has 0 aromatic heterocycles. The number of carbonyl (C=O) groups is 1. The van der Waals surface area contributed by atoms with Crippen molar-refractivity contribution in [1.29, 1.82) is 0 Å². The average molecular weight is 311 g/mol. The fraction of sp³-hybridized carbons (Fsp3) is 0.308. The number of nitrogens with two attached hydrogens (primary N) is 2. The highest BCUT2D eigenvalue weighted by atomic mass is 32.2. The van der Waals surface area contributed by atoms with Gasteiger partial charge in [-0.15, -0.1) is 0 Å². The molecule has 7 nitrogen and oxygen atoms in total. The molecule has 5 N–H and O–H groups in total. The van der Waals surface area contributed by atoms with E-state index in [2.05, 4.69) is 10.2 Å². The number of anilines is 1. The van der Waals surface area contributed by atoms with Gasteiger partial charge in [0, 0.05) is 0 Å². The van der Waals surface area contributed by atoms with Crippen LogP contribution in [0.2, 0.25) is 0 Å². The first kappa shape index (κ1) is 15.5. The monoisotopic (exact) mass is 311 g/mol. The predicted octanol–water partition coefficient (Wildman–Crippen LogP) is 0.887. The number of sulfonamides is 1. The average Bonchev–Trinajstić information content (AvgIpc) is 3.02. The third-order valence-corrected chi connectivity index (χ3v) is 4.40. The Morgan fingerprint density at radius 3 is 2.24 bits per heavy atom. The molecular formula is C13H17N3O4S. The molecule has 0 radical (unpaired) electrons. The Balaban J connectivity index is 0.000000262. The van der Waals surface area contributed by atoms with Gasteiger partial charge in [0.25, 0.3) is 0 Å². The van der Waals surface area contributed by atoms with E-state index in [9.17, 15) is 13.2 Å². The van der Waals surface area contributed by atoms with Crippen molar-refractivity contribution in [2.75, 3.05) is 12.5 Å². The maximum absolute atomic E-state index is 11.3. The van der Waals surface area contributed by atoms with Crippen LogP contribution in [0.5, 0.6) is 0 Å². The smallest absolute Gasteiger partial charge is 0.339 e. The number of rotatable bonds is 3. The summed E-state index contributed by atoms with van der Waals surface area (Å²) in [5, 5.41) is 5.00. The maximum Gasteiger partial charge on any atom is 0.339 e. The molecule has 0 atom stereocenters. The van der Waals surface area contributed by atoms with E-state index >= 15 is 0 Å². The van der Waals surface area contributed by atoms with Crippen LogP contribution >= 0.6 is 0 Å². The number of hydrazine groups is 1. The highest BCUT2D eigenvalue weighted by Crippen LogP contribution is 2.47. The van der Waals surface area contributed by atoms with Gasteiger partial charge in [-0.1, -0.05) is 17.2 Å². The number of primary sulfonamides is 1. The summed E-state index contributed by atoms with van der Waals surface area (Å²) < 4.78 is 27.1. The quantitative estimate of drug-likeness (QED) is 0.329. The molecule has 3 rings (SSSR count). The Morgan fingerprint density at radius 2 is 1.90 bits per heavy atom. The fourth-order valence-electron chi connectivity index (χ4n) is 2.10. The first-order valence-electron chi connectivity index (χ1n) is 6.29. The summed E-state index contributed by atoms with van der Waals surface area (Å²) in [4.78, 5) is 11.0. The number of hydrogen-bond donors (Lipinski definition) is 3. The molecule has 0 saturated carbocycles. The summed E-state index contributed by atoms with van der Waals surface area (Å²) in [6, 6.07) is 4.12. The molecule has 0 fully saturated rings. The molecule has 2 aliphatic rings. The molecule has 21 heavy (non-hydrogen) atoms. The van der Waals surface area contributed by atoms with Gasteiger partial charge in [0.05, 0.1) is 18.4 Å². The van der Waals surface area contributed by atoms with E-state index in [1.807, 2.05) is 0 Å². The molecular weight excluding hydrogens is 294 g/mol. The summed E-state index contributed by atoms with van der Waals surface area (Å²) >= 11 is 0. The third kappa shape index (κ3) is 3.41. The van der Waals surface area contributed by atoms with Crippen molar-refractivity contribution in [3.63, 3.8) is 0 Å². The SMILES string of the molecule is C1CC2=C1C2.COC(=O)c1cccc(NN)c1S(N)(=O)=O. The molecule has 2 aliphatic carbocycles. The Labute approximate surface area is 123 Å². The highest BCUT2D eigenvalue weighted by molar-refractivity contribution is 7.89. The first-order valence-corrected chi connectivity index (χ1v) is 7.83. The summed E-state index contributed by atoms with van der Waals surface area (Å²) in [6.07, 6.45) is 4.30. The van der Waals surface area contributed by atoms with E-state index in [1.165, 1.54) is 37.5 Å². The summed E-state index contributed by atoms with van der Waals surface area (Å²) in [6.45, 7) is 0. The van der Waals surface area contributed by atoms with Crippen molar-refractivity contribution in [3.05, 3.63) is 34.9 Å². The van der Waals surface area contributed by atoms with Crippen LogP contribution in [-0.2, 0) is 14.8 Å². The number of methoxy groups -OCH3 is 1. The van der Waals surface area contributed by atoms with Crippen molar-refractivity contribution < 1.29 is 17.9 Å². The minimum atomic E-state index is -4.07. The molecule has 0 saturated heterocycles. The van der Waals surface area contributed by atoms with Gasteiger partial charge in [-0.3, -0.25) is 5.84 Å². The lowest BCUT2D eigenvalue weighted by molar-refractivity contribution is 0.0596. The zero-order chi connectivity index (χ0) is 15.6. The number of benzene rings is 1. The molecule has 0 unspecified atom stereocenters. The van der Waals surface area contributed by atoms with Gasteiger partial charge in [-0.25, -0.2) is 18.4 Å². The number of hydrogen-bond acceptors (Lipinski definition) is 6. The van der Waals surface area contributed by atoms with Crippen LogP contribution in [0.1, 0.15) is 29.6 Å². The fourth-order valence-corrected chi connectivity index (χ4v) is 2.99. The standard InChI is InChI=1S/C8H11N3O4S.C5H6/c1-15-8(12)5-3-2-4-6(11-9)7(5)16(10,13)14;1-2-5-3-4(1)5/h2-4,11H,9H2,1H3,(H2,10,13,14);1-3H2. The van der Waals surface area contributed by atoms with Crippen LogP contribution in [0, 0.1) is 0 Å². The first-order chi connectivity index (χ1) is 9.88. The Bertz CT molecular complexity index is 698. The lowest BCUT2D eigenvalue weighted by Crippen LogP contribution is -2.21. The molecule has 0 bridgehead atoms. The van der Waals surface area contributed by atoms with Gasteiger partial charge < -0.3 is 10.2 Å². The number of nitrogens with one attached hydrogen (secondary N) is 1. The van der Waals surface area contributed by atoms with Crippen LogP contribution in [-0.4, -0.2) is 21.5 Å². The Kier molecular flexibility index (Phi) is 4.31. The van der Waals surface area contributed by atoms with Crippen molar-refractivity contribution in [2.24, 2.45) is 11.0 Å². The van der Waals surface area contributed by atoms with Crippen LogP contribution < -0.4 is 16.4 Å². The van der Waals surface area contributed by atoms with Crippen LogP contribution in [0.3, 0.4) is 0 Å². The van der Waals surface area contributed by atoms with Gasteiger partial charge in [0.1, 0.15) is 4.90 Å². The van der Waals surface area contributed by atoms with E-state index in [-0.39, 0.29) is 16.1 Å². The second-order valence-electron chi connectivity index (χ2n) is 4.75. The lowest BCUT2D eigenvalue weighted by Gasteiger charge is -2.10. The van der Waals surface area contributed by atoms with E-state index < -0.39 is 16.0 Å².